The largest absolute Gasteiger partial charge is 0.192 e. The van der Waals surface area contributed by atoms with Gasteiger partial charge in [0.25, 0.3) is 0 Å². The molecule has 19 heavy (non-hydrogen) atoms. The van der Waals surface area contributed by atoms with E-state index in [1.807, 2.05) is 55.0 Å². The van der Waals surface area contributed by atoms with Gasteiger partial charge in [-0.15, -0.1) is 23.5 Å². The van der Waals surface area contributed by atoms with Gasteiger partial charge in [-0.05, 0) is 30.2 Å². The van der Waals surface area contributed by atoms with Crippen LogP contribution in [0.5, 0.6) is 0 Å². The highest BCUT2D eigenvalue weighted by molar-refractivity contribution is 9.10. The number of nitrogens with zero attached hydrogens (tertiary/aromatic N) is 2. The molecule has 0 aliphatic carbocycles. The molecule has 0 N–H and O–H groups in total. The van der Waals surface area contributed by atoms with E-state index in [1.165, 1.54) is 0 Å². The Kier molecular flexibility index (Phi) is 6.80. The van der Waals surface area contributed by atoms with E-state index in [0.29, 0.717) is 5.57 Å². The first kappa shape index (κ1) is 15.9. The summed E-state index contributed by atoms with van der Waals surface area (Å²) in [7, 11) is 0. The smallest absolute Gasteiger partial charge is 0.137 e. The van der Waals surface area contributed by atoms with Gasteiger partial charge in [-0.2, -0.15) is 10.5 Å². The topological polar surface area (TPSA) is 47.6 Å². The Morgan fingerprint density at radius 3 is 2.21 bits per heavy atom. The molecule has 0 radical (unpaired) electrons. The normalized spacial score (nSPS) is 9.11. The zero-order valence-corrected chi connectivity index (χ0v) is 13.7. The molecule has 0 heterocycles. The van der Waals surface area contributed by atoms with Crippen molar-refractivity contribution in [3.05, 3.63) is 50.2 Å². The zero-order valence-electron chi connectivity index (χ0n) is 10.5. The molecule has 96 valence electrons. The van der Waals surface area contributed by atoms with E-state index in [4.69, 9.17) is 10.5 Å². The van der Waals surface area contributed by atoms with Gasteiger partial charge in [0.15, 0.2) is 0 Å². The molecule has 1 aromatic rings. The van der Waals surface area contributed by atoms with Crippen LogP contribution in [0.2, 0.25) is 0 Å². The molecule has 5 heteroatoms. The number of thioether (sulfide) groups is 2. The molecule has 1 rings (SSSR count). The second kappa shape index (κ2) is 8.12. The Morgan fingerprint density at radius 2 is 1.74 bits per heavy atom. The minimum absolute atomic E-state index is 0.118. The van der Waals surface area contributed by atoms with Crippen molar-refractivity contribution in [2.75, 3.05) is 12.5 Å². The number of rotatable bonds is 4. The van der Waals surface area contributed by atoms with Gasteiger partial charge in [-0.25, -0.2) is 0 Å². The summed E-state index contributed by atoms with van der Waals surface area (Å²) in [6.45, 7) is 0. The third-order valence-electron chi connectivity index (χ3n) is 2.32. The first-order valence-electron chi connectivity index (χ1n) is 5.27. The van der Waals surface area contributed by atoms with E-state index in [1.54, 1.807) is 23.5 Å². The summed E-state index contributed by atoms with van der Waals surface area (Å²) >= 11 is 6.65. The average Bonchev–Trinajstić information content (AvgIpc) is 2.44. The maximum Gasteiger partial charge on any atom is 0.137 e. The third kappa shape index (κ3) is 4.18. The molecule has 0 aromatic heterocycles. The summed E-state index contributed by atoms with van der Waals surface area (Å²) in [5, 5.41) is 18.2. The van der Waals surface area contributed by atoms with Crippen molar-refractivity contribution in [2.45, 2.75) is 0 Å². The van der Waals surface area contributed by atoms with Crippen molar-refractivity contribution >= 4 is 45.0 Å². The minimum Gasteiger partial charge on any atom is -0.192 e. The van der Waals surface area contributed by atoms with Gasteiger partial charge in [0, 0.05) is 14.3 Å². The lowest BCUT2D eigenvalue weighted by molar-refractivity contribution is 1.45. The highest BCUT2D eigenvalue weighted by Crippen LogP contribution is 2.33. The number of hydrogen-bond donors (Lipinski definition) is 0. The maximum atomic E-state index is 9.12. The van der Waals surface area contributed by atoms with Crippen LogP contribution in [0.1, 0.15) is 5.56 Å². The van der Waals surface area contributed by atoms with E-state index in [0.717, 1.165) is 14.3 Å². The Hall–Kier alpha value is -1.14. The Morgan fingerprint density at radius 1 is 1.16 bits per heavy atom. The molecule has 0 unspecified atom stereocenters. The quantitative estimate of drug-likeness (QED) is 0.577. The van der Waals surface area contributed by atoms with E-state index >= 15 is 0 Å². The van der Waals surface area contributed by atoms with Gasteiger partial charge >= 0.3 is 0 Å². The van der Waals surface area contributed by atoms with Gasteiger partial charge in [0.1, 0.15) is 17.7 Å². The SMILES string of the molecule is CSC(=CC(=C(C#N)C#N)c1ccccc1Br)SC. The fraction of sp³-hybridized carbons (Fsp3) is 0.143. The molecular weight excluding hydrogens is 340 g/mol. The van der Waals surface area contributed by atoms with Gasteiger partial charge in [0.05, 0.1) is 0 Å². The van der Waals surface area contributed by atoms with Crippen molar-refractivity contribution < 1.29 is 0 Å². The average molecular weight is 351 g/mol. The number of halogens is 1. The molecule has 0 aliphatic heterocycles. The number of benzene rings is 1. The molecule has 2 nitrogen and oxygen atoms in total. The summed E-state index contributed by atoms with van der Waals surface area (Å²) in [5.41, 5.74) is 1.62. The first-order valence-corrected chi connectivity index (χ1v) is 8.51. The third-order valence-corrected chi connectivity index (χ3v) is 5.05. The summed E-state index contributed by atoms with van der Waals surface area (Å²) in [6, 6.07) is 11.5. The Bertz CT molecular complexity index is 585. The highest BCUT2D eigenvalue weighted by Gasteiger charge is 2.11. The van der Waals surface area contributed by atoms with Crippen LogP contribution in [0, 0.1) is 22.7 Å². The van der Waals surface area contributed by atoms with Gasteiger partial charge in [-0.3, -0.25) is 0 Å². The van der Waals surface area contributed by atoms with E-state index in [2.05, 4.69) is 15.9 Å². The molecule has 0 fully saturated rings. The number of nitriles is 2. The molecule has 0 aliphatic rings. The summed E-state index contributed by atoms with van der Waals surface area (Å²) in [6.07, 6.45) is 5.83. The lowest BCUT2D eigenvalue weighted by Crippen LogP contribution is -1.89. The molecule has 0 bridgehead atoms. The van der Waals surface area contributed by atoms with Gasteiger partial charge < -0.3 is 0 Å². The predicted molar refractivity (Wildman–Crippen MR) is 87.4 cm³/mol. The molecule has 0 amide bonds. The van der Waals surface area contributed by atoms with Crippen LogP contribution in [0.3, 0.4) is 0 Å². The highest BCUT2D eigenvalue weighted by atomic mass is 79.9. The monoisotopic (exact) mass is 350 g/mol. The fourth-order valence-electron chi connectivity index (χ4n) is 1.43. The second-order valence-electron chi connectivity index (χ2n) is 3.36. The zero-order chi connectivity index (χ0) is 14.3. The Balaban J connectivity index is 3.53. The van der Waals surface area contributed by atoms with Gasteiger partial charge in [-0.1, -0.05) is 34.1 Å². The molecular formula is C14H11BrN2S2. The van der Waals surface area contributed by atoms with E-state index in [-0.39, 0.29) is 5.57 Å². The van der Waals surface area contributed by atoms with Gasteiger partial charge in [0.2, 0.25) is 0 Å². The summed E-state index contributed by atoms with van der Waals surface area (Å²) in [4.78, 5) is 0. The van der Waals surface area contributed by atoms with E-state index < -0.39 is 0 Å². The lowest BCUT2D eigenvalue weighted by Gasteiger charge is -2.08. The van der Waals surface area contributed by atoms with Crippen molar-refractivity contribution in [3.63, 3.8) is 0 Å². The second-order valence-corrected chi connectivity index (χ2v) is 6.17. The van der Waals surface area contributed by atoms with Crippen molar-refractivity contribution in [1.82, 2.24) is 0 Å². The summed E-state index contributed by atoms with van der Waals surface area (Å²) in [5.74, 6) is 0. The van der Waals surface area contributed by atoms with E-state index in [9.17, 15) is 0 Å². The molecule has 0 atom stereocenters. The fourth-order valence-corrected chi connectivity index (χ4v) is 3.07. The van der Waals surface area contributed by atoms with Crippen LogP contribution >= 0.6 is 39.5 Å². The Labute approximate surface area is 130 Å². The number of allylic oxidation sites excluding steroid dienone is 3. The number of hydrogen-bond acceptors (Lipinski definition) is 4. The molecule has 0 spiro atoms. The van der Waals surface area contributed by atoms with Crippen LogP contribution in [-0.4, -0.2) is 12.5 Å². The lowest BCUT2D eigenvalue weighted by atomic mass is 10.0. The first-order chi connectivity index (χ1) is 9.17. The molecule has 0 saturated carbocycles. The van der Waals surface area contributed by atoms with Crippen molar-refractivity contribution in [1.29, 1.82) is 10.5 Å². The van der Waals surface area contributed by atoms with Crippen molar-refractivity contribution in [3.8, 4) is 12.1 Å². The van der Waals surface area contributed by atoms with Crippen LogP contribution in [0.4, 0.5) is 0 Å². The predicted octanol–water partition coefficient (Wildman–Crippen LogP) is 4.82. The molecule has 1 aromatic carbocycles. The van der Waals surface area contributed by atoms with Crippen LogP contribution in [0.25, 0.3) is 5.57 Å². The summed E-state index contributed by atoms with van der Waals surface area (Å²) < 4.78 is 1.92. The standard InChI is InChI=1S/C14H11BrN2S2/c1-18-14(19-2)7-12(10(8-16)9-17)11-5-3-4-6-13(11)15/h3-7H,1-2H3. The van der Waals surface area contributed by atoms with Crippen LogP contribution < -0.4 is 0 Å². The van der Waals surface area contributed by atoms with Crippen LogP contribution in [0.15, 0.2) is 44.6 Å². The van der Waals surface area contributed by atoms with Crippen LogP contribution in [-0.2, 0) is 0 Å². The molecule has 0 saturated heterocycles. The van der Waals surface area contributed by atoms with Crippen molar-refractivity contribution in [2.24, 2.45) is 0 Å². The maximum absolute atomic E-state index is 9.12. The minimum atomic E-state index is 0.118.